The number of amidine groups is 1. The molecule has 1 N–H and O–H groups in total. The van der Waals surface area contributed by atoms with E-state index in [0.717, 1.165) is 12.1 Å². The lowest BCUT2D eigenvalue weighted by atomic mass is 10.1. The van der Waals surface area contributed by atoms with Gasteiger partial charge < -0.3 is 9.73 Å². The third-order valence-electron chi connectivity index (χ3n) is 4.73. The fraction of sp³-hybridized carbons (Fsp3) is 0.167. The Bertz CT molecular complexity index is 1170. The monoisotopic (exact) mass is 470 g/mol. The van der Waals surface area contributed by atoms with Gasteiger partial charge in [-0.2, -0.15) is 0 Å². The summed E-state index contributed by atoms with van der Waals surface area (Å²) in [6.45, 7) is 2.18. The number of aryl methyl sites for hydroxylation is 1. The number of amides is 1. The number of hydrogen-bond acceptors (Lipinski definition) is 4. The Hall–Kier alpha value is -2.47. The number of halogens is 2. The highest BCUT2D eigenvalue weighted by Gasteiger charge is 2.24. The average Bonchev–Trinajstić information content (AvgIpc) is 3.36. The van der Waals surface area contributed by atoms with Crippen molar-refractivity contribution in [1.29, 1.82) is 0 Å². The van der Waals surface area contributed by atoms with Gasteiger partial charge in [-0.05, 0) is 72.6 Å². The second-order valence-corrected chi connectivity index (χ2v) is 8.95. The number of unbranched alkanes of at least 4 members (excludes halogenated alkanes) is 1. The first-order chi connectivity index (χ1) is 15.0. The molecule has 0 unspecified atom stereocenters. The molecule has 1 aliphatic heterocycles. The van der Waals surface area contributed by atoms with E-state index in [1.54, 1.807) is 36.4 Å². The highest BCUT2D eigenvalue weighted by atomic mass is 35.5. The van der Waals surface area contributed by atoms with Gasteiger partial charge in [0.05, 0.1) is 15.6 Å². The lowest BCUT2D eigenvalue weighted by Crippen LogP contribution is -2.19. The van der Waals surface area contributed by atoms with Crippen LogP contribution in [0.2, 0.25) is 10.0 Å². The number of furan rings is 1. The summed E-state index contributed by atoms with van der Waals surface area (Å²) in [4.78, 5) is 17.4. The molecule has 1 aromatic heterocycles. The van der Waals surface area contributed by atoms with Crippen molar-refractivity contribution in [2.24, 2.45) is 4.99 Å². The van der Waals surface area contributed by atoms with E-state index < -0.39 is 0 Å². The largest absolute Gasteiger partial charge is 0.457 e. The third-order valence-corrected chi connectivity index (χ3v) is 6.21. The minimum atomic E-state index is -0.206. The molecule has 0 atom stereocenters. The molecule has 1 amide bonds. The van der Waals surface area contributed by atoms with E-state index in [9.17, 15) is 4.79 Å². The van der Waals surface area contributed by atoms with Crippen molar-refractivity contribution in [2.75, 3.05) is 0 Å². The van der Waals surface area contributed by atoms with Crippen molar-refractivity contribution in [2.45, 2.75) is 26.2 Å². The Kier molecular flexibility index (Phi) is 6.86. The van der Waals surface area contributed by atoms with Crippen molar-refractivity contribution in [1.82, 2.24) is 5.32 Å². The number of nitrogens with one attached hydrogen (secondary N) is 1. The summed E-state index contributed by atoms with van der Waals surface area (Å²) in [7, 11) is 0. The maximum Gasteiger partial charge on any atom is 0.264 e. The minimum Gasteiger partial charge on any atom is -0.457 e. The summed E-state index contributed by atoms with van der Waals surface area (Å²) in [5, 5.41) is 4.46. The van der Waals surface area contributed by atoms with Crippen LogP contribution in [0.25, 0.3) is 17.4 Å². The van der Waals surface area contributed by atoms with Gasteiger partial charge in [-0.3, -0.25) is 4.79 Å². The highest BCUT2D eigenvalue weighted by Crippen LogP contribution is 2.34. The Balaban J connectivity index is 1.49. The number of aliphatic imine (C=N–C) groups is 1. The maximum absolute atomic E-state index is 12.4. The average molecular weight is 471 g/mol. The third kappa shape index (κ3) is 5.42. The number of carbonyl (C=O) groups excluding carboxylic acids is 1. The van der Waals surface area contributed by atoms with Gasteiger partial charge in [0, 0.05) is 16.7 Å². The van der Waals surface area contributed by atoms with E-state index >= 15 is 0 Å². The normalized spacial score (nSPS) is 16.3. The molecule has 1 saturated heterocycles. The van der Waals surface area contributed by atoms with Crippen molar-refractivity contribution < 1.29 is 9.21 Å². The fourth-order valence-electron chi connectivity index (χ4n) is 3.11. The van der Waals surface area contributed by atoms with E-state index in [4.69, 9.17) is 27.6 Å². The summed E-state index contributed by atoms with van der Waals surface area (Å²) in [6.07, 6.45) is 5.10. The van der Waals surface area contributed by atoms with E-state index in [2.05, 4.69) is 29.4 Å². The Morgan fingerprint density at radius 2 is 1.90 bits per heavy atom. The molecular weight excluding hydrogens is 451 g/mol. The Labute approximate surface area is 195 Å². The standard InChI is InChI=1S/C24H20Cl2N2O2S/c1-2-3-4-15-5-8-17(9-6-15)27-24-28-23(29)22(31-24)14-18-10-12-21(30-18)19-13-16(25)7-11-20(19)26/h5-14H,2-4H2,1H3,(H,27,28,29). The zero-order valence-electron chi connectivity index (χ0n) is 16.8. The van der Waals surface area contributed by atoms with Crippen LogP contribution in [0.4, 0.5) is 5.69 Å². The summed E-state index contributed by atoms with van der Waals surface area (Å²) in [5.74, 6) is 0.923. The molecule has 2 heterocycles. The van der Waals surface area contributed by atoms with Crippen LogP contribution < -0.4 is 5.32 Å². The summed E-state index contributed by atoms with van der Waals surface area (Å²) < 4.78 is 5.86. The first-order valence-corrected chi connectivity index (χ1v) is 11.5. The highest BCUT2D eigenvalue weighted by molar-refractivity contribution is 8.18. The molecule has 4 rings (SSSR count). The Morgan fingerprint density at radius 1 is 1.10 bits per heavy atom. The number of hydrogen-bond donors (Lipinski definition) is 1. The molecule has 158 valence electrons. The molecule has 0 bridgehead atoms. The quantitative estimate of drug-likeness (QED) is 0.379. The lowest BCUT2D eigenvalue weighted by molar-refractivity contribution is -0.115. The molecule has 1 aliphatic rings. The van der Waals surface area contributed by atoms with E-state index in [-0.39, 0.29) is 5.91 Å². The van der Waals surface area contributed by atoms with Crippen molar-refractivity contribution >= 4 is 57.8 Å². The maximum atomic E-state index is 12.4. The summed E-state index contributed by atoms with van der Waals surface area (Å²) in [5.41, 5.74) is 2.80. The van der Waals surface area contributed by atoms with Gasteiger partial charge in [-0.25, -0.2) is 4.99 Å². The van der Waals surface area contributed by atoms with Gasteiger partial charge in [0.1, 0.15) is 11.5 Å². The molecule has 0 saturated carbocycles. The van der Waals surface area contributed by atoms with Gasteiger partial charge in [0.2, 0.25) is 0 Å². The minimum absolute atomic E-state index is 0.206. The molecule has 31 heavy (non-hydrogen) atoms. The predicted molar refractivity (Wildman–Crippen MR) is 130 cm³/mol. The van der Waals surface area contributed by atoms with E-state index in [0.29, 0.717) is 37.2 Å². The second kappa shape index (κ2) is 9.77. The van der Waals surface area contributed by atoms with Crippen molar-refractivity contribution in [3.05, 3.63) is 80.9 Å². The zero-order valence-corrected chi connectivity index (χ0v) is 19.2. The molecular formula is C24H20Cl2N2O2S. The second-order valence-electron chi connectivity index (χ2n) is 7.08. The Morgan fingerprint density at radius 3 is 2.68 bits per heavy atom. The van der Waals surface area contributed by atoms with Crippen LogP contribution in [0, 0.1) is 0 Å². The predicted octanol–water partition coefficient (Wildman–Crippen LogP) is 7.49. The van der Waals surface area contributed by atoms with Crippen LogP contribution in [-0.2, 0) is 11.2 Å². The number of thioether (sulfide) groups is 1. The first kappa shape index (κ1) is 21.8. The smallest absolute Gasteiger partial charge is 0.264 e. The number of benzene rings is 2. The van der Waals surface area contributed by atoms with E-state index in [1.807, 2.05) is 12.1 Å². The molecule has 2 aromatic carbocycles. The van der Waals surface area contributed by atoms with Gasteiger partial charge in [0.25, 0.3) is 5.91 Å². The molecule has 3 aromatic rings. The van der Waals surface area contributed by atoms with Crippen LogP contribution in [-0.4, -0.2) is 11.1 Å². The van der Waals surface area contributed by atoms with Gasteiger partial charge >= 0.3 is 0 Å². The van der Waals surface area contributed by atoms with Crippen LogP contribution in [0.1, 0.15) is 31.1 Å². The van der Waals surface area contributed by atoms with Crippen molar-refractivity contribution in [3.8, 4) is 11.3 Å². The molecule has 1 fully saturated rings. The topological polar surface area (TPSA) is 54.6 Å². The fourth-order valence-corrected chi connectivity index (χ4v) is 4.31. The summed E-state index contributed by atoms with van der Waals surface area (Å²) in [6, 6.07) is 16.9. The lowest BCUT2D eigenvalue weighted by Gasteiger charge is -2.01. The SMILES string of the molecule is CCCCc1ccc(N=C2NC(=O)C(=Cc3ccc(-c4cc(Cl)ccc4Cl)o3)S2)cc1. The number of carbonyl (C=O) groups is 1. The molecule has 7 heteroatoms. The number of nitrogens with zero attached hydrogens (tertiary/aromatic N) is 1. The van der Waals surface area contributed by atoms with Crippen LogP contribution in [0.3, 0.4) is 0 Å². The van der Waals surface area contributed by atoms with E-state index in [1.165, 1.54) is 30.2 Å². The van der Waals surface area contributed by atoms with Crippen LogP contribution in [0.5, 0.6) is 0 Å². The summed E-state index contributed by atoms with van der Waals surface area (Å²) >= 11 is 13.6. The first-order valence-electron chi connectivity index (χ1n) is 9.95. The zero-order chi connectivity index (χ0) is 21.8. The molecule has 0 aliphatic carbocycles. The molecule has 4 nitrogen and oxygen atoms in total. The van der Waals surface area contributed by atoms with Gasteiger partial charge in [0.15, 0.2) is 5.17 Å². The van der Waals surface area contributed by atoms with Crippen LogP contribution in [0.15, 0.2) is 68.9 Å². The molecule has 0 spiro atoms. The number of rotatable bonds is 6. The van der Waals surface area contributed by atoms with Crippen molar-refractivity contribution in [3.63, 3.8) is 0 Å². The van der Waals surface area contributed by atoms with Gasteiger partial charge in [-0.15, -0.1) is 0 Å². The molecule has 0 radical (unpaired) electrons. The van der Waals surface area contributed by atoms with Crippen LogP contribution >= 0.6 is 35.0 Å². The van der Waals surface area contributed by atoms with Gasteiger partial charge in [-0.1, -0.05) is 48.7 Å².